The fourth-order valence-electron chi connectivity index (χ4n) is 1.45. The van der Waals surface area contributed by atoms with Crippen LogP contribution in [0.1, 0.15) is 13.8 Å². The summed E-state index contributed by atoms with van der Waals surface area (Å²) in [5, 5.41) is 6.84. The van der Waals surface area contributed by atoms with E-state index in [0.29, 0.717) is 0 Å². The molecular weight excluding hydrogens is 200 g/mol. The molecule has 8 nitrogen and oxygen atoms in total. The van der Waals surface area contributed by atoms with Gasteiger partial charge in [0.05, 0.1) is 25.3 Å². The summed E-state index contributed by atoms with van der Waals surface area (Å²) in [6, 6.07) is 0. The molecule has 8 heteroatoms. The molecule has 0 unspecified atom stereocenters. The molecule has 2 atom stereocenters. The SMILES string of the molecule is CC1(C)O[C@@H](CN=[N+]=[N-])[C@H](CN=[N+]=[N-])O1. The summed E-state index contributed by atoms with van der Waals surface area (Å²) in [4.78, 5) is 5.30. The number of hydrogen-bond acceptors (Lipinski definition) is 4. The van der Waals surface area contributed by atoms with Crippen LogP contribution in [0.4, 0.5) is 0 Å². The zero-order valence-electron chi connectivity index (χ0n) is 8.57. The molecule has 0 aliphatic carbocycles. The molecule has 15 heavy (non-hydrogen) atoms. The van der Waals surface area contributed by atoms with Crippen LogP contribution in [0.2, 0.25) is 0 Å². The zero-order chi connectivity index (χ0) is 11.3. The van der Waals surface area contributed by atoms with Gasteiger partial charge in [-0.15, -0.1) is 0 Å². The molecule has 0 aromatic rings. The van der Waals surface area contributed by atoms with Crippen molar-refractivity contribution < 1.29 is 9.47 Å². The Hall–Kier alpha value is -1.46. The van der Waals surface area contributed by atoms with Gasteiger partial charge in [0, 0.05) is 9.82 Å². The van der Waals surface area contributed by atoms with Crippen LogP contribution in [0.25, 0.3) is 20.9 Å². The van der Waals surface area contributed by atoms with Crippen molar-refractivity contribution in [1.29, 1.82) is 0 Å². The highest BCUT2D eigenvalue weighted by Crippen LogP contribution is 2.28. The van der Waals surface area contributed by atoms with Gasteiger partial charge < -0.3 is 9.47 Å². The van der Waals surface area contributed by atoms with Crippen LogP contribution in [0.3, 0.4) is 0 Å². The maximum Gasteiger partial charge on any atom is 0.163 e. The normalized spacial score (nSPS) is 27.9. The largest absolute Gasteiger partial charge is 0.344 e. The monoisotopic (exact) mass is 212 g/mol. The lowest BCUT2D eigenvalue weighted by Crippen LogP contribution is -2.27. The van der Waals surface area contributed by atoms with Gasteiger partial charge in [-0.2, -0.15) is 0 Å². The van der Waals surface area contributed by atoms with Crippen LogP contribution in [0.15, 0.2) is 10.2 Å². The van der Waals surface area contributed by atoms with E-state index in [4.69, 9.17) is 20.5 Å². The van der Waals surface area contributed by atoms with Crippen LogP contribution in [0.5, 0.6) is 0 Å². The number of nitrogens with zero attached hydrogens (tertiary/aromatic N) is 6. The summed E-state index contributed by atoms with van der Waals surface area (Å²) in [5.41, 5.74) is 16.4. The molecular formula is C7H12N6O2. The van der Waals surface area contributed by atoms with Crippen molar-refractivity contribution in [3.63, 3.8) is 0 Å². The van der Waals surface area contributed by atoms with Gasteiger partial charge in [0.25, 0.3) is 0 Å². The maximum atomic E-state index is 8.20. The van der Waals surface area contributed by atoms with E-state index < -0.39 is 5.79 Å². The van der Waals surface area contributed by atoms with Gasteiger partial charge in [-0.25, -0.2) is 0 Å². The van der Waals surface area contributed by atoms with Crippen LogP contribution in [-0.2, 0) is 9.47 Å². The Morgan fingerprint density at radius 3 is 1.80 bits per heavy atom. The van der Waals surface area contributed by atoms with E-state index in [1.807, 2.05) is 0 Å². The standard InChI is InChI=1S/C7H12N6O2/c1-7(2)14-5(3-10-12-8)6(15-7)4-11-13-9/h5-6H,3-4H2,1-2H3/t5-,6-/m0/s1. The van der Waals surface area contributed by atoms with E-state index in [9.17, 15) is 0 Å². The van der Waals surface area contributed by atoms with Crippen LogP contribution < -0.4 is 0 Å². The number of hydrogen-bond donors (Lipinski definition) is 0. The van der Waals surface area contributed by atoms with Gasteiger partial charge >= 0.3 is 0 Å². The molecule has 0 N–H and O–H groups in total. The minimum absolute atomic E-state index is 0.172. The van der Waals surface area contributed by atoms with Crippen molar-refractivity contribution in [2.75, 3.05) is 13.1 Å². The van der Waals surface area contributed by atoms with Crippen molar-refractivity contribution in [2.45, 2.75) is 31.8 Å². The molecule has 1 rings (SSSR count). The molecule has 0 amide bonds. The predicted octanol–water partition coefficient (Wildman–Crippen LogP) is 2.13. The molecule has 0 radical (unpaired) electrons. The van der Waals surface area contributed by atoms with Gasteiger partial charge in [0.1, 0.15) is 0 Å². The molecule has 82 valence electrons. The Balaban J connectivity index is 2.64. The van der Waals surface area contributed by atoms with E-state index in [0.717, 1.165) is 0 Å². The lowest BCUT2D eigenvalue weighted by atomic mass is 10.2. The van der Waals surface area contributed by atoms with Crippen molar-refractivity contribution in [1.82, 2.24) is 0 Å². The molecule has 0 aromatic heterocycles. The Morgan fingerprint density at radius 1 is 1.07 bits per heavy atom. The lowest BCUT2D eigenvalue weighted by Gasteiger charge is -2.16. The Labute approximate surface area is 86.4 Å². The molecule has 1 aliphatic rings. The van der Waals surface area contributed by atoms with E-state index in [1.54, 1.807) is 13.8 Å². The molecule has 1 heterocycles. The second-order valence-corrected chi connectivity index (χ2v) is 3.54. The second kappa shape index (κ2) is 4.86. The topological polar surface area (TPSA) is 116 Å². The van der Waals surface area contributed by atoms with Crippen molar-refractivity contribution in [2.24, 2.45) is 10.2 Å². The van der Waals surface area contributed by atoms with E-state index in [-0.39, 0.29) is 25.3 Å². The van der Waals surface area contributed by atoms with E-state index >= 15 is 0 Å². The van der Waals surface area contributed by atoms with Crippen LogP contribution >= 0.6 is 0 Å². The summed E-state index contributed by atoms with van der Waals surface area (Å²) in [6.07, 6.45) is -0.720. The summed E-state index contributed by atoms with van der Waals surface area (Å²) in [6.45, 7) is 3.86. The van der Waals surface area contributed by atoms with Crippen molar-refractivity contribution in [3.05, 3.63) is 20.9 Å². The first-order chi connectivity index (χ1) is 7.09. The average Bonchev–Trinajstić information content (AvgIpc) is 2.47. The van der Waals surface area contributed by atoms with Gasteiger partial charge in [-0.3, -0.25) is 0 Å². The van der Waals surface area contributed by atoms with Gasteiger partial charge in [0.2, 0.25) is 0 Å². The van der Waals surface area contributed by atoms with E-state index in [2.05, 4.69) is 20.1 Å². The van der Waals surface area contributed by atoms with E-state index in [1.165, 1.54) is 0 Å². The quantitative estimate of drug-likeness (QED) is 0.403. The molecule has 0 spiro atoms. The highest BCUT2D eigenvalue weighted by molar-refractivity contribution is 4.84. The third kappa shape index (κ3) is 3.30. The second-order valence-electron chi connectivity index (χ2n) is 3.54. The summed E-state index contributed by atoms with van der Waals surface area (Å²) in [7, 11) is 0. The number of azide groups is 2. The first-order valence-electron chi connectivity index (χ1n) is 4.46. The fourth-order valence-corrected chi connectivity index (χ4v) is 1.45. The average molecular weight is 212 g/mol. The minimum Gasteiger partial charge on any atom is -0.344 e. The molecule has 1 fully saturated rings. The van der Waals surface area contributed by atoms with Gasteiger partial charge in [-0.05, 0) is 24.9 Å². The fraction of sp³-hybridized carbons (Fsp3) is 1.00. The smallest absolute Gasteiger partial charge is 0.163 e. The highest BCUT2D eigenvalue weighted by atomic mass is 16.8. The van der Waals surface area contributed by atoms with Gasteiger partial charge in [0.15, 0.2) is 5.79 Å². The highest BCUT2D eigenvalue weighted by Gasteiger charge is 2.40. The third-order valence-corrected chi connectivity index (χ3v) is 1.93. The van der Waals surface area contributed by atoms with Gasteiger partial charge in [-0.1, -0.05) is 10.2 Å². The Kier molecular flexibility index (Phi) is 3.76. The molecule has 0 aromatic carbocycles. The van der Waals surface area contributed by atoms with Crippen LogP contribution in [-0.4, -0.2) is 31.1 Å². The van der Waals surface area contributed by atoms with Crippen molar-refractivity contribution in [3.8, 4) is 0 Å². The lowest BCUT2D eigenvalue weighted by molar-refractivity contribution is -0.144. The zero-order valence-corrected chi connectivity index (χ0v) is 8.57. The first-order valence-corrected chi connectivity index (χ1v) is 4.46. The summed E-state index contributed by atoms with van der Waals surface area (Å²) >= 11 is 0. The maximum absolute atomic E-state index is 8.20. The first kappa shape index (κ1) is 11.6. The number of ether oxygens (including phenoxy) is 2. The molecule has 1 saturated heterocycles. The molecule has 1 aliphatic heterocycles. The minimum atomic E-state index is -0.731. The van der Waals surface area contributed by atoms with Crippen molar-refractivity contribution >= 4 is 0 Å². The Bertz CT molecular complexity index is 287. The predicted molar refractivity (Wildman–Crippen MR) is 51.9 cm³/mol. The van der Waals surface area contributed by atoms with Crippen LogP contribution in [0, 0.1) is 0 Å². The Morgan fingerprint density at radius 2 is 1.47 bits per heavy atom. The molecule has 0 saturated carbocycles. The third-order valence-electron chi connectivity index (χ3n) is 1.93. The molecule has 0 bridgehead atoms. The summed E-state index contributed by atoms with van der Waals surface area (Å²) < 4.78 is 11.0. The number of rotatable bonds is 4. The summed E-state index contributed by atoms with van der Waals surface area (Å²) in [5.74, 6) is -0.731.